The van der Waals surface area contributed by atoms with E-state index < -0.39 is 0 Å². The molecule has 7 heteroatoms. The van der Waals surface area contributed by atoms with Gasteiger partial charge >= 0.3 is 0 Å². The molecule has 0 aliphatic heterocycles. The van der Waals surface area contributed by atoms with E-state index in [-0.39, 0.29) is 24.1 Å². The van der Waals surface area contributed by atoms with Crippen molar-refractivity contribution in [2.45, 2.75) is 13.0 Å². The third-order valence-corrected chi connectivity index (χ3v) is 4.60. The van der Waals surface area contributed by atoms with Gasteiger partial charge in [0, 0.05) is 10.7 Å². The summed E-state index contributed by atoms with van der Waals surface area (Å²) in [4.78, 5) is 32.8. The van der Waals surface area contributed by atoms with Crippen LogP contribution in [0.2, 0.25) is 5.02 Å². The van der Waals surface area contributed by atoms with Gasteiger partial charge < -0.3 is 15.2 Å². The molecule has 0 fully saturated rings. The number of carbonyl (C=O) groups excluding carboxylic acids is 1. The molecule has 1 heterocycles. The largest absolute Gasteiger partial charge is 0.321 e. The summed E-state index contributed by atoms with van der Waals surface area (Å²) in [5.74, 6) is 0.435. The van der Waals surface area contributed by atoms with Crippen molar-refractivity contribution < 1.29 is 9.69 Å². The number of hydrogen-bond acceptors (Lipinski definition) is 3. The number of anilines is 1. The maximum Gasteiger partial charge on any atom is 0.279 e. The second-order valence-electron chi connectivity index (χ2n) is 6.27. The first-order chi connectivity index (χ1) is 12.4. The zero-order valence-corrected chi connectivity index (χ0v) is 15.3. The second-order valence-corrected chi connectivity index (χ2v) is 6.70. The zero-order chi connectivity index (χ0) is 18.7. The van der Waals surface area contributed by atoms with Crippen molar-refractivity contribution in [2.24, 2.45) is 0 Å². The molecule has 0 radical (unpaired) electrons. The summed E-state index contributed by atoms with van der Waals surface area (Å²) in [6.07, 6.45) is 0. The maximum atomic E-state index is 12.3. The normalized spacial score (nSPS) is 13.3. The quantitative estimate of drug-likeness (QED) is 0.639. The number of likely N-dealkylation sites (N-methyl/N-ethyl adjacent to an activating group) is 1. The Labute approximate surface area is 155 Å². The number of nitrogens with zero attached hydrogens (tertiary/aromatic N) is 1. The molecular weight excluding hydrogens is 352 g/mol. The molecule has 6 nitrogen and oxygen atoms in total. The number of nitrogens with one attached hydrogen (secondary N) is 3. The van der Waals surface area contributed by atoms with E-state index >= 15 is 0 Å². The molecule has 0 saturated carbocycles. The van der Waals surface area contributed by atoms with Crippen molar-refractivity contribution >= 4 is 34.1 Å². The summed E-state index contributed by atoms with van der Waals surface area (Å²) >= 11 is 5.84. The third-order valence-electron chi connectivity index (χ3n) is 4.35. The predicted octanol–water partition coefficient (Wildman–Crippen LogP) is 1.79. The fraction of sp³-hybridized carbons (Fsp3) is 0.211. The molecule has 134 valence electrons. The van der Waals surface area contributed by atoms with E-state index in [0.29, 0.717) is 27.4 Å². The van der Waals surface area contributed by atoms with Crippen molar-refractivity contribution in [3.05, 3.63) is 69.7 Å². The first-order valence-electron chi connectivity index (χ1n) is 8.30. The standard InChI is InChI=1S/C19H19ClN4O2/c1-12(18-22-16-6-4-3-5-15(16)19(26)23-18)24(2)11-17(25)21-14-9-7-13(20)8-10-14/h3-10,12H,11H2,1-2H3,(H,21,25)(H,22,23,26)/p+1/t12-/m1/s1. The summed E-state index contributed by atoms with van der Waals surface area (Å²) in [7, 11) is 1.89. The van der Waals surface area contributed by atoms with E-state index in [1.165, 1.54) is 0 Å². The number of quaternary nitrogens is 1. The van der Waals surface area contributed by atoms with E-state index in [1.54, 1.807) is 36.4 Å². The van der Waals surface area contributed by atoms with Gasteiger partial charge in [0.15, 0.2) is 12.4 Å². The van der Waals surface area contributed by atoms with Crippen LogP contribution in [0.5, 0.6) is 0 Å². The highest BCUT2D eigenvalue weighted by atomic mass is 35.5. The van der Waals surface area contributed by atoms with Crippen LogP contribution in [-0.2, 0) is 4.79 Å². The van der Waals surface area contributed by atoms with Gasteiger partial charge in [-0.05, 0) is 43.3 Å². The molecule has 0 saturated heterocycles. The smallest absolute Gasteiger partial charge is 0.279 e. The van der Waals surface area contributed by atoms with Crippen LogP contribution in [0.15, 0.2) is 53.3 Å². The molecule has 3 aromatic rings. The fourth-order valence-corrected chi connectivity index (χ4v) is 2.81. The minimum Gasteiger partial charge on any atom is -0.321 e. The summed E-state index contributed by atoms with van der Waals surface area (Å²) in [6.45, 7) is 2.16. The molecular formula is C19H20ClN4O2+. The number of halogens is 1. The first kappa shape index (κ1) is 18.1. The van der Waals surface area contributed by atoms with E-state index in [2.05, 4.69) is 15.3 Å². The van der Waals surface area contributed by atoms with Gasteiger partial charge in [0.2, 0.25) is 0 Å². The summed E-state index contributed by atoms with van der Waals surface area (Å²) in [6, 6.07) is 14.0. The van der Waals surface area contributed by atoms with Gasteiger partial charge in [-0.1, -0.05) is 23.7 Å². The van der Waals surface area contributed by atoms with Crippen LogP contribution >= 0.6 is 11.6 Å². The van der Waals surface area contributed by atoms with Crippen LogP contribution in [0.25, 0.3) is 10.9 Å². The van der Waals surface area contributed by atoms with E-state index in [9.17, 15) is 9.59 Å². The van der Waals surface area contributed by atoms with Gasteiger partial charge in [-0.25, -0.2) is 4.98 Å². The van der Waals surface area contributed by atoms with E-state index in [1.807, 2.05) is 26.1 Å². The molecule has 0 aliphatic rings. The van der Waals surface area contributed by atoms with Crippen LogP contribution in [0.4, 0.5) is 5.69 Å². The van der Waals surface area contributed by atoms with Crippen molar-refractivity contribution in [3.8, 4) is 0 Å². The van der Waals surface area contributed by atoms with E-state index in [0.717, 1.165) is 4.90 Å². The average Bonchev–Trinajstić information content (AvgIpc) is 2.63. The molecule has 3 rings (SSSR count). The van der Waals surface area contributed by atoms with Crippen molar-refractivity contribution in [1.82, 2.24) is 9.97 Å². The van der Waals surface area contributed by atoms with Crippen LogP contribution in [0.3, 0.4) is 0 Å². The SMILES string of the molecule is C[C@H](c1nc2ccccc2c(=O)[nH]1)[NH+](C)CC(=O)Nc1ccc(Cl)cc1. The highest BCUT2D eigenvalue weighted by Crippen LogP contribution is 2.13. The molecule has 3 N–H and O–H groups in total. The number of hydrogen-bond donors (Lipinski definition) is 3. The molecule has 2 atom stereocenters. The third kappa shape index (κ3) is 4.09. The minimum atomic E-state index is -0.170. The Hall–Kier alpha value is -2.70. The first-order valence-corrected chi connectivity index (χ1v) is 8.68. The fourth-order valence-electron chi connectivity index (χ4n) is 2.69. The number of carbonyl (C=O) groups is 1. The highest BCUT2D eigenvalue weighted by Gasteiger charge is 2.21. The molecule has 2 aromatic carbocycles. The lowest BCUT2D eigenvalue weighted by Crippen LogP contribution is -3.10. The van der Waals surface area contributed by atoms with Crippen molar-refractivity contribution in [3.63, 3.8) is 0 Å². The number of benzene rings is 2. The lowest BCUT2D eigenvalue weighted by Gasteiger charge is -2.20. The molecule has 0 spiro atoms. The number of amides is 1. The molecule has 1 unspecified atom stereocenters. The number of aromatic amines is 1. The summed E-state index contributed by atoms with van der Waals surface area (Å²) < 4.78 is 0. The zero-order valence-electron chi connectivity index (χ0n) is 14.5. The summed E-state index contributed by atoms with van der Waals surface area (Å²) in [5, 5.41) is 4.01. The topological polar surface area (TPSA) is 79.3 Å². The summed E-state index contributed by atoms with van der Waals surface area (Å²) in [5.41, 5.74) is 1.17. The lowest BCUT2D eigenvalue weighted by atomic mass is 10.2. The lowest BCUT2D eigenvalue weighted by molar-refractivity contribution is -0.902. The van der Waals surface area contributed by atoms with Crippen LogP contribution in [-0.4, -0.2) is 29.5 Å². The van der Waals surface area contributed by atoms with Crippen LogP contribution < -0.4 is 15.8 Å². The number of fused-ring (bicyclic) bond motifs is 1. The van der Waals surface area contributed by atoms with Crippen molar-refractivity contribution in [1.29, 1.82) is 0 Å². The Balaban J connectivity index is 1.71. The Bertz CT molecular complexity index is 985. The molecule has 1 amide bonds. The predicted molar refractivity (Wildman–Crippen MR) is 103 cm³/mol. The van der Waals surface area contributed by atoms with Crippen LogP contribution in [0, 0.1) is 0 Å². The second kappa shape index (κ2) is 7.68. The van der Waals surface area contributed by atoms with Gasteiger partial charge in [0.25, 0.3) is 11.5 Å². The molecule has 1 aromatic heterocycles. The minimum absolute atomic E-state index is 0.125. The number of H-pyrrole nitrogens is 1. The molecule has 26 heavy (non-hydrogen) atoms. The Morgan fingerprint density at radius 2 is 1.92 bits per heavy atom. The average molecular weight is 372 g/mol. The number of aromatic nitrogens is 2. The van der Waals surface area contributed by atoms with Gasteiger partial charge in [0.05, 0.1) is 18.0 Å². The van der Waals surface area contributed by atoms with Crippen molar-refractivity contribution in [2.75, 3.05) is 18.9 Å². The Morgan fingerprint density at radius 3 is 2.65 bits per heavy atom. The molecule has 0 bridgehead atoms. The number of para-hydroxylation sites is 1. The maximum absolute atomic E-state index is 12.3. The monoisotopic (exact) mass is 371 g/mol. The Morgan fingerprint density at radius 1 is 1.23 bits per heavy atom. The van der Waals surface area contributed by atoms with Gasteiger partial charge in [0.1, 0.15) is 6.04 Å². The molecule has 0 aliphatic carbocycles. The Kier molecular flexibility index (Phi) is 5.35. The van der Waals surface area contributed by atoms with Gasteiger partial charge in [-0.3, -0.25) is 9.59 Å². The van der Waals surface area contributed by atoms with Gasteiger partial charge in [-0.15, -0.1) is 0 Å². The van der Waals surface area contributed by atoms with Gasteiger partial charge in [-0.2, -0.15) is 0 Å². The van der Waals surface area contributed by atoms with Crippen LogP contribution in [0.1, 0.15) is 18.8 Å². The van der Waals surface area contributed by atoms with E-state index in [4.69, 9.17) is 11.6 Å². The highest BCUT2D eigenvalue weighted by molar-refractivity contribution is 6.30. The number of rotatable bonds is 5.